The Labute approximate surface area is 146 Å². The highest BCUT2D eigenvalue weighted by molar-refractivity contribution is 5.97. The highest BCUT2D eigenvalue weighted by Gasteiger charge is 2.21. The molecule has 3 heterocycles. The molecule has 0 unspecified atom stereocenters. The van der Waals surface area contributed by atoms with Gasteiger partial charge in [-0.15, -0.1) is 5.10 Å². The topological polar surface area (TPSA) is 61.9 Å². The predicted molar refractivity (Wildman–Crippen MR) is 94.7 cm³/mol. The van der Waals surface area contributed by atoms with Gasteiger partial charge in [-0.05, 0) is 44.9 Å². The summed E-state index contributed by atoms with van der Waals surface area (Å²) < 4.78 is 9.61. The van der Waals surface area contributed by atoms with E-state index in [9.17, 15) is 4.79 Å². The third-order valence-corrected chi connectivity index (χ3v) is 5.00. The van der Waals surface area contributed by atoms with Crippen molar-refractivity contribution in [3.8, 4) is 0 Å². The van der Waals surface area contributed by atoms with Crippen molar-refractivity contribution < 1.29 is 9.53 Å². The molecular formula is C19H22N4O2. The quantitative estimate of drug-likeness (QED) is 0.671. The van der Waals surface area contributed by atoms with Crippen LogP contribution < -0.4 is 0 Å². The summed E-state index contributed by atoms with van der Waals surface area (Å²) in [6, 6.07) is 9.66. The van der Waals surface area contributed by atoms with Gasteiger partial charge >= 0.3 is 0 Å². The van der Waals surface area contributed by atoms with E-state index in [4.69, 9.17) is 4.74 Å². The van der Waals surface area contributed by atoms with Gasteiger partial charge in [-0.2, -0.15) is 0 Å². The van der Waals surface area contributed by atoms with Crippen LogP contribution in [0.3, 0.4) is 0 Å². The summed E-state index contributed by atoms with van der Waals surface area (Å²) >= 11 is 0. The number of ether oxygens (including phenoxy) is 1. The van der Waals surface area contributed by atoms with Crippen LogP contribution in [-0.2, 0) is 17.8 Å². The Morgan fingerprint density at radius 3 is 2.96 bits per heavy atom. The van der Waals surface area contributed by atoms with E-state index in [1.165, 1.54) is 0 Å². The van der Waals surface area contributed by atoms with Crippen molar-refractivity contribution in [1.82, 2.24) is 19.6 Å². The van der Waals surface area contributed by atoms with E-state index in [1.807, 2.05) is 44.2 Å². The van der Waals surface area contributed by atoms with E-state index in [0.29, 0.717) is 0 Å². The molecule has 2 aromatic heterocycles. The molecule has 3 aromatic rings. The van der Waals surface area contributed by atoms with E-state index >= 15 is 0 Å². The van der Waals surface area contributed by atoms with Crippen molar-refractivity contribution in [3.63, 3.8) is 0 Å². The lowest BCUT2D eigenvalue weighted by Gasteiger charge is -2.14. The van der Waals surface area contributed by atoms with Gasteiger partial charge in [0.05, 0.1) is 11.6 Å². The summed E-state index contributed by atoms with van der Waals surface area (Å²) in [4.78, 5) is 12.8. The molecule has 4 rings (SSSR count). The summed E-state index contributed by atoms with van der Waals surface area (Å²) in [7, 11) is 0. The van der Waals surface area contributed by atoms with Gasteiger partial charge in [0.2, 0.25) is 0 Å². The van der Waals surface area contributed by atoms with Crippen LogP contribution >= 0.6 is 0 Å². The Balaban J connectivity index is 1.57. The van der Waals surface area contributed by atoms with Gasteiger partial charge in [0.25, 0.3) is 0 Å². The molecule has 1 aliphatic rings. The minimum atomic E-state index is 0.0577. The van der Waals surface area contributed by atoms with Gasteiger partial charge in [0.1, 0.15) is 12.1 Å². The van der Waals surface area contributed by atoms with Crippen molar-refractivity contribution in [3.05, 3.63) is 47.3 Å². The molecule has 1 aliphatic heterocycles. The fourth-order valence-corrected chi connectivity index (χ4v) is 3.61. The van der Waals surface area contributed by atoms with Crippen molar-refractivity contribution in [2.75, 3.05) is 6.61 Å². The molecule has 1 saturated heterocycles. The number of Topliss-reactive ketones (excluding diaryl/α,β-unsaturated/α-hetero) is 1. The number of rotatable bonds is 5. The maximum absolute atomic E-state index is 12.8. The molecule has 0 radical (unpaired) electrons. The SMILES string of the molecule is Cc1cc(C(=O)Cn2nnc3ccccc32)c(C)n1C[C@H]1CCCO1. The van der Waals surface area contributed by atoms with Crippen LogP contribution in [0.5, 0.6) is 0 Å². The second kappa shape index (κ2) is 6.44. The molecule has 130 valence electrons. The summed E-state index contributed by atoms with van der Waals surface area (Å²) in [6.07, 6.45) is 2.47. The van der Waals surface area contributed by atoms with Gasteiger partial charge in [0.15, 0.2) is 5.78 Å². The lowest BCUT2D eigenvalue weighted by Crippen LogP contribution is -2.18. The smallest absolute Gasteiger partial charge is 0.186 e. The summed E-state index contributed by atoms with van der Waals surface area (Å²) in [6.45, 7) is 5.91. The Morgan fingerprint density at radius 2 is 2.16 bits per heavy atom. The molecule has 0 bridgehead atoms. The molecule has 0 saturated carbocycles. The van der Waals surface area contributed by atoms with Gasteiger partial charge in [-0.3, -0.25) is 4.79 Å². The monoisotopic (exact) mass is 338 g/mol. The number of benzene rings is 1. The number of para-hydroxylation sites is 1. The predicted octanol–water partition coefficient (Wildman–Crippen LogP) is 2.91. The highest BCUT2D eigenvalue weighted by Crippen LogP contribution is 2.21. The Bertz CT molecular complexity index is 919. The van der Waals surface area contributed by atoms with E-state index < -0.39 is 0 Å². The van der Waals surface area contributed by atoms with Gasteiger partial charge < -0.3 is 9.30 Å². The number of fused-ring (bicyclic) bond motifs is 1. The zero-order valence-corrected chi connectivity index (χ0v) is 14.6. The number of ketones is 1. The Morgan fingerprint density at radius 1 is 1.32 bits per heavy atom. The first kappa shape index (κ1) is 16.0. The minimum absolute atomic E-state index is 0.0577. The Hall–Kier alpha value is -2.47. The molecule has 0 N–H and O–H groups in total. The molecule has 25 heavy (non-hydrogen) atoms. The minimum Gasteiger partial charge on any atom is -0.376 e. The average molecular weight is 338 g/mol. The van der Waals surface area contributed by atoms with Crippen molar-refractivity contribution >= 4 is 16.8 Å². The maximum atomic E-state index is 12.8. The lowest BCUT2D eigenvalue weighted by molar-refractivity contribution is 0.0947. The van der Waals surface area contributed by atoms with E-state index in [0.717, 1.165) is 54.0 Å². The summed E-state index contributed by atoms with van der Waals surface area (Å²) in [5.74, 6) is 0.0577. The first-order valence-corrected chi connectivity index (χ1v) is 8.73. The standard InChI is InChI=1S/C19H22N4O2/c1-13-10-16(14(2)22(13)11-15-6-5-9-25-15)19(24)12-23-18-8-4-3-7-17(18)20-21-23/h3-4,7-8,10,15H,5-6,9,11-12H2,1-2H3/t15-/m1/s1. The number of aryl methyl sites for hydroxylation is 1. The van der Waals surface area contributed by atoms with Crippen molar-refractivity contribution in [2.45, 2.75) is 45.9 Å². The number of hydrogen-bond donors (Lipinski definition) is 0. The molecule has 6 heteroatoms. The van der Waals surface area contributed by atoms with Crippen LogP contribution in [0.2, 0.25) is 0 Å². The molecular weight excluding hydrogens is 316 g/mol. The van der Waals surface area contributed by atoms with E-state index in [-0.39, 0.29) is 18.4 Å². The fraction of sp³-hybridized carbons (Fsp3) is 0.421. The van der Waals surface area contributed by atoms with Crippen LogP contribution in [-0.4, -0.2) is 38.1 Å². The number of aromatic nitrogens is 4. The van der Waals surface area contributed by atoms with E-state index in [1.54, 1.807) is 4.68 Å². The normalized spacial score (nSPS) is 17.4. The number of carbonyl (C=O) groups is 1. The molecule has 6 nitrogen and oxygen atoms in total. The Kier molecular flexibility index (Phi) is 4.13. The van der Waals surface area contributed by atoms with Crippen LogP contribution in [0.15, 0.2) is 30.3 Å². The molecule has 1 atom stereocenters. The van der Waals surface area contributed by atoms with Crippen molar-refractivity contribution in [2.24, 2.45) is 0 Å². The number of carbonyl (C=O) groups excluding carboxylic acids is 1. The molecule has 1 fully saturated rings. The molecule has 0 amide bonds. The fourth-order valence-electron chi connectivity index (χ4n) is 3.61. The number of hydrogen-bond acceptors (Lipinski definition) is 4. The van der Waals surface area contributed by atoms with Gasteiger partial charge in [0, 0.05) is 30.1 Å². The average Bonchev–Trinajstić information content (AvgIpc) is 3.32. The van der Waals surface area contributed by atoms with Gasteiger partial charge in [-0.25, -0.2) is 4.68 Å². The third kappa shape index (κ3) is 2.98. The van der Waals surface area contributed by atoms with E-state index in [2.05, 4.69) is 14.9 Å². The zero-order chi connectivity index (χ0) is 17.4. The van der Waals surface area contributed by atoms with Crippen LogP contribution in [0, 0.1) is 13.8 Å². The van der Waals surface area contributed by atoms with Crippen LogP contribution in [0.1, 0.15) is 34.6 Å². The maximum Gasteiger partial charge on any atom is 0.186 e. The summed E-state index contributed by atoms with van der Waals surface area (Å²) in [5, 5.41) is 8.24. The first-order valence-electron chi connectivity index (χ1n) is 8.73. The highest BCUT2D eigenvalue weighted by atomic mass is 16.5. The molecule has 1 aromatic carbocycles. The third-order valence-electron chi connectivity index (χ3n) is 5.00. The summed E-state index contributed by atoms with van der Waals surface area (Å²) in [5.41, 5.74) is 4.54. The number of nitrogens with zero attached hydrogens (tertiary/aromatic N) is 4. The van der Waals surface area contributed by atoms with Gasteiger partial charge in [-0.1, -0.05) is 17.3 Å². The molecule has 0 spiro atoms. The van der Waals surface area contributed by atoms with Crippen LogP contribution in [0.25, 0.3) is 11.0 Å². The first-order chi connectivity index (χ1) is 12.1. The zero-order valence-electron chi connectivity index (χ0n) is 14.6. The molecule has 0 aliphatic carbocycles. The lowest BCUT2D eigenvalue weighted by atomic mass is 10.1. The second-order valence-corrected chi connectivity index (χ2v) is 6.69. The van der Waals surface area contributed by atoms with Crippen LogP contribution in [0.4, 0.5) is 0 Å². The second-order valence-electron chi connectivity index (χ2n) is 6.69. The van der Waals surface area contributed by atoms with Crippen molar-refractivity contribution in [1.29, 1.82) is 0 Å². The largest absolute Gasteiger partial charge is 0.376 e.